The van der Waals surface area contributed by atoms with Gasteiger partial charge in [-0.05, 0) is 20.8 Å². The predicted molar refractivity (Wildman–Crippen MR) is 111 cm³/mol. The van der Waals surface area contributed by atoms with E-state index in [0.29, 0.717) is 5.92 Å². The number of unbranched alkanes of at least 4 members (excludes halogenated alkanes) is 1. The van der Waals surface area contributed by atoms with Crippen LogP contribution < -0.4 is 42.4 Å². The molecule has 28 heavy (non-hydrogen) atoms. The van der Waals surface area contributed by atoms with E-state index in [-0.39, 0.29) is 58.9 Å². The van der Waals surface area contributed by atoms with Crippen molar-refractivity contribution in [2.24, 2.45) is 5.92 Å². The van der Waals surface area contributed by atoms with Crippen LogP contribution in [0.3, 0.4) is 0 Å². The minimum Gasteiger partial charge on any atom is -1.00 e. The summed E-state index contributed by atoms with van der Waals surface area (Å²) in [6, 6.07) is 6.15. The number of rotatable bonds is 7. The van der Waals surface area contributed by atoms with Gasteiger partial charge in [-0.15, -0.1) is 6.42 Å². The number of halogens is 3. The number of hydrogen-bond acceptors (Lipinski definition) is 0. The van der Waals surface area contributed by atoms with Crippen molar-refractivity contribution in [2.45, 2.75) is 79.8 Å². The van der Waals surface area contributed by atoms with Crippen LogP contribution in [0.25, 0.3) is 0 Å². The van der Waals surface area contributed by atoms with Crippen molar-refractivity contribution in [1.82, 2.24) is 0 Å². The van der Waals surface area contributed by atoms with Gasteiger partial charge in [0.15, 0.2) is 0 Å². The predicted octanol–water partition coefficient (Wildman–Crippen LogP) is -2.65. The third kappa shape index (κ3) is 7.03. The van der Waals surface area contributed by atoms with Crippen molar-refractivity contribution >= 4 is 13.3 Å². The third-order valence-electron chi connectivity index (χ3n) is 5.85. The largest absolute Gasteiger partial charge is 4.00 e. The molecular weight excluding hydrogens is 459 g/mol. The minimum absolute atomic E-state index is 0. The van der Waals surface area contributed by atoms with E-state index in [1.54, 1.807) is 16.0 Å². The Hall–Kier alpha value is 0.501. The fourth-order valence-electron chi connectivity index (χ4n) is 4.61. The summed E-state index contributed by atoms with van der Waals surface area (Å²) in [5, 5.41) is 3.39. The summed E-state index contributed by atoms with van der Waals surface area (Å²) in [5.41, 5.74) is 5.95. The van der Waals surface area contributed by atoms with Gasteiger partial charge in [0, 0.05) is 8.07 Å². The summed E-state index contributed by atoms with van der Waals surface area (Å²) in [6.45, 7) is 16.5. The van der Waals surface area contributed by atoms with Crippen molar-refractivity contribution in [3.63, 3.8) is 0 Å². The van der Waals surface area contributed by atoms with E-state index < -0.39 is 8.07 Å². The maximum Gasteiger partial charge on any atom is 4.00 e. The third-order valence-corrected chi connectivity index (χ3v) is 10.8. The molecular formula is C23H35Cl3SiTi. The van der Waals surface area contributed by atoms with Crippen LogP contribution in [-0.2, 0) is 21.7 Å². The molecule has 0 saturated heterocycles. The second kappa shape index (κ2) is 14.5. The first-order valence-corrected chi connectivity index (χ1v) is 12.5. The Morgan fingerprint density at radius 2 is 1.57 bits per heavy atom. The summed E-state index contributed by atoms with van der Waals surface area (Å²) in [6.07, 6.45) is 11.1. The summed E-state index contributed by atoms with van der Waals surface area (Å²) < 4.78 is 0. The zero-order valence-corrected chi connectivity index (χ0v) is 23.3. The first-order valence-electron chi connectivity index (χ1n) is 9.75. The molecule has 0 nitrogen and oxygen atoms in total. The second-order valence-corrected chi connectivity index (χ2v) is 12.1. The maximum atomic E-state index is 3.72. The first-order chi connectivity index (χ1) is 11.3. The van der Waals surface area contributed by atoms with Gasteiger partial charge in [0.05, 0.1) is 0 Å². The topological polar surface area (TPSA) is 0 Å². The molecule has 156 valence electrons. The van der Waals surface area contributed by atoms with Crippen LogP contribution in [0.5, 0.6) is 0 Å². The number of benzene rings is 1. The molecule has 0 N–H and O–H groups in total. The molecule has 0 amide bonds. The van der Waals surface area contributed by atoms with Crippen LogP contribution in [0.4, 0.5) is 0 Å². The molecule has 0 fully saturated rings. The molecule has 0 heterocycles. The molecule has 0 spiro atoms. The van der Waals surface area contributed by atoms with E-state index in [9.17, 15) is 0 Å². The van der Waals surface area contributed by atoms with Crippen molar-refractivity contribution in [3.8, 4) is 0 Å². The van der Waals surface area contributed by atoms with Gasteiger partial charge in [-0.1, -0.05) is 92.6 Å². The van der Waals surface area contributed by atoms with Crippen LogP contribution in [-0.4, -0.2) is 8.07 Å². The molecule has 1 aliphatic rings. The van der Waals surface area contributed by atoms with Gasteiger partial charge in [0.25, 0.3) is 0 Å². The summed E-state index contributed by atoms with van der Waals surface area (Å²) in [4.78, 5) is 0. The maximum absolute atomic E-state index is 3.72. The normalized spacial score (nSPS) is 15.5. The van der Waals surface area contributed by atoms with Crippen LogP contribution in [0.1, 0.15) is 63.1 Å². The molecule has 2 rings (SSSR count). The minimum atomic E-state index is -1.71. The van der Waals surface area contributed by atoms with E-state index in [0.717, 1.165) is 6.42 Å². The van der Waals surface area contributed by atoms with Crippen molar-refractivity contribution in [2.75, 3.05) is 0 Å². The zero-order chi connectivity index (χ0) is 17.9. The SMILES string of the molecule is CCCC[Si](C)(C1=CC[C-]=C1C(C)CC)c1c(C)cc(C)cc1C.[Cl-].[Cl-].[Cl-].[Ti+4]. The fraction of sp³-hybridized carbons (Fsp3) is 0.565. The Morgan fingerprint density at radius 3 is 2.04 bits per heavy atom. The molecule has 0 bridgehead atoms. The summed E-state index contributed by atoms with van der Waals surface area (Å²) in [5.74, 6) is 0.637. The Balaban J connectivity index is -0.00000156. The van der Waals surface area contributed by atoms with Crippen LogP contribution in [0.15, 0.2) is 29.0 Å². The van der Waals surface area contributed by atoms with Gasteiger partial charge >= 0.3 is 21.7 Å². The van der Waals surface area contributed by atoms with E-state index >= 15 is 0 Å². The molecule has 0 radical (unpaired) electrons. The van der Waals surface area contributed by atoms with Crippen molar-refractivity contribution in [3.05, 3.63) is 51.7 Å². The van der Waals surface area contributed by atoms with Gasteiger partial charge in [0.2, 0.25) is 0 Å². The molecule has 2 unspecified atom stereocenters. The quantitative estimate of drug-likeness (QED) is 0.288. The second-order valence-electron chi connectivity index (χ2n) is 7.93. The van der Waals surface area contributed by atoms with Gasteiger partial charge in [-0.25, -0.2) is 5.57 Å². The smallest absolute Gasteiger partial charge is 1.00 e. The fourth-order valence-corrected chi connectivity index (χ4v) is 9.83. The summed E-state index contributed by atoms with van der Waals surface area (Å²) in [7, 11) is -1.71. The molecule has 0 saturated carbocycles. The van der Waals surface area contributed by atoms with E-state index in [4.69, 9.17) is 0 Å². The van der Waals surface area contributed by atoms with Crippen LogP contribution >= 0.6 is 0 Å². The van der Waals surface area contributed by atoms with Crippen LogP contribution in [0, 0.1) is 32.8 Å². The molecule has 1 aromatic rings. The van der Waals surface area contributed by atoms with Crippen molar-refractivity contribution < 1.29 is 58.9 Å². The number of allylic oxidation sites excluding steroid dienone is 4. The van der Waals surface area contributed by atoms with Gasteiger partial charge in [-0.3, -0.25) is 6.08 Å². The van der Waals surface area contributed by atoms with E-state index in [2.05, 4.69) is 72.4 Å². The average molecular weight is 494 g/mol. The average Bonchev–Trinajstić information content (AvgIpc) is 3.01. The Labute approximate surface area is 208 Å². The van der Waals surface area contributed by atoms with Gasteiger partial charge in [0.1, 0.15) is 0 Å². The van der Waals surface area contributed by atoms with Gasteiger partial charge < -0.3 is 37.2 Å². The molecule has 5 heteroatoms. The van der Waals surface area contributed by atoms with E-state index in [1.807, 2.05) is 0 Å². The molecule has 0 aromatic heterocycles. The summed E-state index contributed by atoms with van der Waals surface area (Å²) >= 11 is 0. The Morgan fingerprint density at radius 1 is 1.04 bits per heavy atom. The van der Waals surface area contributed by atoms with Crippen molar-refractivity contribution in [1.29, 1.82) is 0 Å². The Kier molecular flexibility index (Phi) is 17.2. The van der Waals surface area contributed by atoms with E-state index in [1.165, 1.54) is 42.0 Å². The molecule has 0 aliphatic heterocycles. The molecule has 1 aliphatic carbocycles. The number of aryl methyl sites for hydroxylation is 3. The van der Waals surface area contributed by atoms with Crippen LogP contribution in [0.2, 0.25) is 12.6 Å². The Bertz CT molecular complexity index is 647. The monoisotopic (exact) mass is 492 g/mol. The molecule has 1 aromatic carbocycles. The van der Waals surface area contributed by atoms with Gasteiger partial charge in [-0.2, -0.15) is 11.3 Å². The first kappa shape index (κ1) is 33.1. The molecule has 2 atom stereocenters. The standard InChI is InChI=1S/C23H35Si.3ClH.Ti/c1-8-10-14-24(7,22-13-11-12-21(22)18(4)9-2)23-19(5)15-17(3)16-20(23)6;;;;/h13,15-16,18H,8-11,14H2,1-7H3;3*1H;/q-1;;;;+4/p-3. The zero-order valence-electron chi connectivity index (χ0n) is 18.5. The number of hydrogen-bond donors (Lipinski definition) is 0.